The number of hydrogen-bond donors (Lipinski definition) is 1. The quantitative estimate of drug-likeness (QED) is 0.302. The normalized spacial score (nSPS) is 17.8. The van der Waals surface area contributed by atoms with Crippen molar-refractivity contribution in [3.05, 3.63) is 70.3 Å². The van der Waals surface area contributed by atoms with Crippen LogP contribution in [-0.2, 0) is 9.59 Å². The Labute approximate surface area is 209 Å². The van der Waals surface area contributed by atoms with E-state index >= 15 is 0 Å². The van der Waals surface area contributed by atoms with Crippen LogP contribution in [0.4, 0.5) is 0 Å². The topological polar surface area (TPSA) is 70.1 Å². The fourth-order valence-electron chi connectivity index (χ4n) is 4.42. The van der Waals surface area contributed by atoms with Crippen molar-refractivity contribution in [3.8, 4) is 5.75 Å². The second kappa shape index (κ2) is 11.1. The molecule has 35 heavy (non-hydrogen) atoms. The van der Waals surface area contributed by atoms with E-state index in [-0.39, 0.29) is 17.4 Å². The number of nitrogens with zero attached hydrogens (tertiary/aromatic N) is 2. The first-order chi connectivity index (χ1) is 16.5. The van der Waals surface area contributed by atoms with Gasteiger partial charge in [0.15, 0.2) is 0 Å². The Kier molecular flexibility index (Phi) is 8.39. The lowest BCUT2D eigenvalue weighted by Gasteiger charge is -2.26. The molecule has 1 aliphatic rings. The Bertz CT molecular complexity index is 1100. The van der Waals surface area contributed by atoms with E-state index in [1.54, 1.807) is 23.1 Å². The van der Waals surface area contributed by atoms with Crippen LogP contribution >= 0.6 is 0 Å². The molecule has 1 unspecified atom stereocenters. The second-order valence-electron chi connectivity index (χ2n) is 10.1. The number of aryl methyl sites for hydroxylation is 1. The summed E-state index contributed by atoms with van der Waals surface area (Å²) in [5, 5.41) is 11.3. The van der Waals surface area contributed by atoms with Gasteiger partial charge in [0, 0.05) is 12.1 Å². The maximum atomic E-state index is 13.2. The van der Waals surface area contributed by atoms with E-state index in [1.807, 2.05) is 64.0 Å². The molecule has 6 nitrogen and oxygen atoms in total. The Morgan fingerprint density at radius 3 is 2.26 bits per heavy atom. The molecular formula is C29H38N2O4. The lowest BCUT2D eigenvalue weighted by Crippen LogP contribution is -2.32. The highest BCUT2D eigenvalue weighted by atomic mass is 16.5. The summed E-state index contributed by atoms with van der Waals surface area (Å²) >= 11 is 0. The number of Topliss-reactive ketones (excluding diaryl/α,β-unsaturated/α-hetero) is 1. The molecule has 1 fully saturated rings. The fraction of sp³-hybridized carbons (Fsp3) is 0.448. The number of aliphatic hydroxyl groups excluding tert-OH is 1. The van der Waals surface area contributed by atoms with Gasteiger partial charge < -0.3 is 19.6 Å². The second-order valence-corrected chi connectivity index (χ2v) is 10.1. The summed E-state index contributed by atoms with van der Waals surface area (Å²) in [5.41, 5.74) is 3.47. The Hall–Kier alpha value is -3.12. The summed E-state index contributed by atoms with van der Waals surface area (Å²) in [6, 6.07) is 12.7. The van der Waals surface area contributed by atoms with Crippen molar-refractivity contribution in [2.75, 3.05) is 27.2 Å². The molecule has 1 N–H and O–H groups in total. The first kappa shape index (κ1) is 26.5. The molecule has 0 saturated carbocycles. The van der Waals surface area contributed by atoms with Gasteiger partial charge in [-0.25, -0.2) is 0 Å². The van der Waals surface area contributed by atoms with Crippen LogP contribution in [0.15, 0.2) is 48.0 Å². The van der Waals surface area contributed by atoms with Crippen molar-refractivity contribution in [1.29, 1.82) is 0 Å². The molecule has 6 heteroatoms. The molecule has 2 aromatic rings. The van der Waals surface area contributed by atoms with Crippen molar-refractivity contribution in [1.82, 2.24) is 9.80 Å². The molecule has 3 rings (SSSR count). The zero-order valence-electron chi connectivity index (χ0n) is 22.0. The number of ether oxygens (including phenoxy) is 1. The summed E-state index contributed by atoms with van der Waals surface area (Å²) in [5.74, 6) is -0.285. The van der Waals surface area contributed by atoms with E-state index in [2.05, 4.69) is 13.8 Å². The Morgan fingerprint density at radius 2 is 1.71 bits per heavy atom. The minimum atomic E-state index is -0.648. The van der Waals surface area contributed by atoms with Crippen molar-refractivity contribution in [2.45, 2.75) is 59.1 Å². The number of amides is 1. The van der Waals surface area contributed by atoms with Crippen LogP contribution in [0.5, 0.6) is 5.75 Å². The highest BCUT2D eigenvalue weighted by Gasteiger charge is 2.45. The van der Waals surface area contributed by atoms with Gasteiger partial charge in [-0.2, -0.15) is 0 Å². The van der Waals surface area contributed by atoms with Gasteiger partial charge >= 0.3 is 0 Å². The van der Waals surface area contributed by atoms with Gasteiger partial charge in [0.25, 0.3) is 11.7 Å². The summed E-state index contributed by atoms with van der Waals surface area (Å²) in [6.07, 6.45) is 0.746. The van der Waals surface area contributed by atoms with Crippen molar-refractivity contribution < 1.29 is 19.4 Å². The molecule has 1 amide bonds. The number of hydrogen-bond acceptors (Lipinski definition) is 5. The molecule has 188 valence electrons. The van der Waals surface area contributed by atoms with E-state index in [4.69, 9.17) is 4.74 Å². The van der Waals surface area contributed by atoms with Crippen molar-refractivity contribution in [2.24, 2.45) is 0 Å². The van der Waals surface area contributed by atoms with Gasteiger partial charge in [0.05, 0.1) is 17.7 Å². The SMILES string of the molecule is Cc1cc(/C(O)=C2/C(=O)C(=O)N(CCCN(C)C)C2c2ccc(C(C)C)cc2)ccc1OC(C)C. The predicted molar refractivity (Wildman–Crippen MR) is 140 cm³/mol. The van der Waals surface area contributed by atoms with Gasteiger partial charge in [-0.3, -0.25) is 9.59 Å². The van der Waals surface area contributed by atoms with Crippen LogP contribution in [0.2, 0.25) is 0 Å². The number of carbonyl (C=O) groups is 2. The monoisotopic (exact) mass is 478 g/mol. The van der Waals surface area contributed by atoms with E-state index < -0.39 is 17.7 Å². The van der Waals surface area contributed by atoms with Gasteiger partial charge in [-0.15, -0.1) is 0 Å². The zero-order chi connectivity index (χ0) is 25.9. The standard InChI is InChI=1S/C29H38N2O4/c1-18(2)21-9-11-22(12-10-21)26-25(28(33)29(34)31(26)16-8-15-30(6)7)27(32)23-13-14-24(20(5)17-23)35-19(3)4/h9-14,17-19,26,32H,8,15-16H2,1-7H3/b27-25-. The summed E-state index contributed by atoms with van der Waals surface area (Å²) in [7, 11) is 3.95. The highest BCUT2D eigenvalue weighted by molar-refractivity contribution is 6.46. The molecule has 1 aliphatic heterocycles. The average Bonchev–Trinajstić information content (AvgIpc) is 3.04. The third-order valence-corrected chi connectivity index (χ3v) is 6.27. The van der Waals surface area contributed by atoms with Crippen LogP contribution in [0.1, 0.15) is 68.3 Å². The minimum absolute atomic E-state index is 0.0226. The fourth-order valence-corrected chi connectivity index (χ4v) is 4.42. The lowest BCUT2D eigenvalue weighted by molar-refractivity contribution is -0.139. The number of ketones is 1. The molecule has 2 aromatic carbocycles. The Morgan fingerprint density at radius 1 is 1.06 bits per heavy atom. The molecule has 1 saturated heterocycles. The smallest absolute Gasteiger partial charge is 0.295 e. The number of benzene rings is 2. The lowest BCUT2D eigenvalue weighted by atomic mass is 9.93. The molecule has 0 aromatic heterocycles. The predicted octanol–water partition coefficient (Wildman–Crippen LogP) is 5.28. The molecule has 1 heterocycles. The molecule has 0 radical (unpaired) electrons. The van der Waals surface area contributed by atoms with E-state index in [0.717, 1.165) is 29.8 Å². The number of carbonyl (C=O) groups excluding carboxylic acids is 2. The van der Waals surface area contributed by atoms with Gasteiger partial charge in [0.1, 0.15) is 11.5 Å². The third kappa shape index (κ3) is 5.93. The zero-order valence-corrected chi connectivity index (χ0v) is 22.0. The maximum Gasteiger partial charge on any atom is 0.295 e. The number of rotatable bonds is 9. The summed E-state index contributed by atoms with van der Waals surface area (Å²) < 4.78 is 5.81. The molecule has 0 spiro atoms. The largest absolute Gasteiger partial charge is 0.507 e. The van der Waals surface area contributed by atoms with Crippen LogP contribution in [-0.4, -0.2) is 59.9 Å². The van der Waals surface area contributed by atoms with E-state index in [1.165, 1.54) is 5.56 Å². The maximum absolute atomic E-state index is 13.2. The highest BCUT2D eigenvalue weighted by Crippen LogP contribution is 2.40. The van der Waals surface area contributed by atoms with E-state index in [9.17, 15) is 14.7 Å². The first-order valence-electron chi connectivity index (χ1n) is 12.3. The summed E-state index contributed by atoms with van der Waals surface area (Å²) in [6.45, 7) is 11.3. The van der Waals surface area contributed by atoms with Crippen molar-refractivity contribution in [3.63, 3.8) is 0 Å². The van der Waals surface area contributed by atoms with Crippen LogP contribution in [0, 0.1) is 6.92 Å². The molecule has 1 atom stereocenters. The molecular weight excluding hydrogens is 440 g/mol. The van der Waals surface area contributed by atoms with Gasteiger partial charge in [-0.1, -0.05) is 38.1 Å². The molecule has 0 bridgehead atoms. The van der Waals surface area contributed by atoms with Crippen LogP contribution < -0.4 is 4.74 Å². The van der Waals surface area contributed by atoms with Crippen molar-refractivity contribution >= 4 is 17.4 Å². The third-order valence-electron chi connectivity index (χ3n) is 6.27. The minimum Gasteiger partial charge on any atom is -0.507 e. The molecule has 0 aliphatic carbocycles. The first-order valence-corrected chi connectivity index (χ1v) is 12.3. The van der Waals surface area contributed by atoms with Gasteiger partial charge in [-0.05, 0) is 88.6 Å². The van der Waals surface area contributed by atoms with Crippen LogP contribution in [0.25, 0.3) is 5.76 Å². The van der Waals surface area contributed by atoms with E-state index in [0.29, 0.717) is 18.0 Å². The Balaban J connectivity index is 2.08. The number of likely N-dealkylation sites (tertiary alicyclic amines) is 1. The van der Waals surface area contributed by atoms with Gasteiger partial charge in [0.2, 0.25) is 0 Å². The summed E-state index contributed by atoms with van der Waals surface area (Å²) in [4.78, 5) is 30.0. The number of aliphatic hydroxyl groups is 1. The van der Waals surface area contributed by atoms with Crippen LogP contribution in [0.3, 0.4) is 0 Å². The average molecular weight is 479 g/mol.